The molecule has 4 nitrogen and oxygen atoms in total. The number of ether oxygens (including phenoxy) is 3. The number of hydrogen-bond acceptors (Lipinski definition) is 4. The minimum Gasteiger partial charge on any atom is -0.493 e. The molecule has 0 aliphatic carbocycles. The molecule has 1 aliphatic heterocycles. The summed E-state index contributed by atoms with van der Waals surface area (Å²) in [6, 6.07) is 3.42. The highest BCUT2D eigenvalue weighted by Crippen LogP contribution is 2.43. The fourth-order valence-electron chi connectivity index (χ4n) is 1.57. The van der Waals surface area contributed by atoms with Gasteiger partial charge in [-0.1, -0.05) is 0 Å². The molecule has 16 heavy (non-hydrogen) atoms. The van der Waals surface area contributed by atoms with E-state index in [1.54, 1.807) is 12.1 Å². The van der Waals surface area contributed by atoms with E-state index in [0.29, 0.717) is 22.8 Å². The number of benzene rings is 1. The van der Waals surface area contributed by atoms with Gasteiger partial charge in [0.1, 0.15) is 0 Å². The van der Waals surface area contributed by atoms with Crippen molar-refractivity contribution in [3.63, 3.8) is 0 Å². The van der Waals surface area contributed by atoms with Crippen LogP contribution in [0.25, 0.3) is 0 Å². The molecule has 1 aromatic rings. The molecule has 0 saturated heterocycles. The maximum atomic E-state index is 9.78. The lowest BCUT2D eigenvalue weighted by Gasteiger charge is -2.11. The molecule has 1 N–H and O–H groups in total. The molecule has 0 saturated carbocycles. The predicted octanol–water partition coefficient (Wildman–Crippen LogP) is 1.48. The molecule has 1 unspecified atom stereocenters. The molecule has 1 aromatic carbocycles. The van der Waals surface area contributed by atoms with Crippen molar-refractivity contribution in [3.05, 3.63) is 17.7 Å². The Morgan fingerprint density at radius 1 is 1.56 bits per heavy atom. The van der Waals surface area contributed by atoms with Gasteiger partial charge in [-0.15, -0.1) is 12.3 Å². The number of aliphatic hydroxyl groups is 1. The zero-order valence-electron chi connectivity index (χ0n) is 8.90. The lowest BCUT2D eigenvalue weighted by Crippen LogP contribution is -1.97. The smallest absolute Gasteiger partial charge is 0.231 e. The summed E-state index contributed by atoms with van der Waals surface area (Å²) in [5, 5.41) is 9.78. The maximum Gasteiger partial charge on any atom is 0.231 e. The van der Waals surface area contributed by atoms with E-state index in [4.69, 9.17) is 20.6 Å². The van der Waals surface area contributed by atoms with Gasteiger partial charge < -0.3 is 19.3 Å². The Bertz CT molecular complexity index is 433. The Hall–Kier alpha value is -1.86. The lowest BCUT2D eigenvalue weighted by molar-refractivity contribution is 0.170. The Labute approximate surface area is 93.7 Å². The van der Waals surface area contributed by atoms with Gasteiger partial charge in [0.15, 0.2) is 11.5 Å². The van der Waals surface area contributed by atoms with Gasteiger partial charge in [-0.25, -0.2) is 0 Å². The van der Waals surface area contributed by atoms with E-state index in [9.17, 15) is 5.11 Å². The molecule has 0 aromatic heterocycles. The van der Waals surface area contributed by atoms with Crippen LogP contribution < -0.4 is 14.2 Å². The minimum atomic E-state index is -0.714. The molecule has 0 spiro atoms. The SMILES string of the molecule is C#CCC(O)c1cc(OC)c2c(c1)OCO2. The van der Waals surface area contributed by atoms with Crippen LogP contribution in [0.3, 0.4) is 0 Å². The van der Waals surface area contributed by atoms with E-state index >= 15 is 0 Å². The highest BCUT2D eigenvalue weighted by Gasteiger charge is 2.21. The molecule has 1 aliphatic rings. The molecule has 2 rings (SSSR count). The minimum absolute atomic E-state index is 0.167. The lowest BCUT2D eigenvalue weighted by atomic mass is 10.1. The molecule has 0 amide bonds. The van der Waals surface area contributed by atoms with Crippen molar-refractivity contribution in [2.24, 2.45) is 0 Å². The number of fused-ring (bicyclic) bond motifs is 1. The molecule has 4 heteroatoms. The van der Waals surface area contributed by atoms with Gasteiger partial charge in [0.2, 0.25) is 12.5 Å². The summed E-state index contributed by atoms with van der Waals surface area (Å²) in [5.74, 6) is 4.09. The standard InChI is InChI=1S/C12H12O4/c1-3-4-9(13)8-5-10(14-2)12-11(6-8)15-7-16-12/h1,5-6,9,13H,4,7H2,2H3. The van der Waals surface area contributed by atoms with Crippen molar-refractivity contribution in [1.29, 1.82) is 0 Å². The van der Waals surface area contributed by atoms with E-state index in [0.717, 1.165) is 0 Å². The van der Waals surface area contributed by atoms with Crippen molar-refractivity contribution in [1.82, 2.24) is 0 Å². The topological polar surface area (TPSA) is 47.9 Å². The van der Waals surface area contributed by atoms with Gasteiger partial charge in [-0.2, -0.15) is 0 Å². The van der Waals surface area contributed by atoms with Gasteiger partial charge in [-0.05, 0) is 17.7 Å². The molecule has 0 fully saturated rings. The van der Waals surface area contributed by atoms with Crippen LogP contribution in [-0.4, -0.2) is 19.0 Å². The van der Waals surface area contributed by atoms with Crippen molar-refractivity contribution in [2.45, 2.75) is 12.5 Å². The predicted molar refractivity (Wildman–Crippen MR) is 57.5 cm³/mol. The molecular weight excluding hydrogens is 208 g/mol. The number of aliphatic hydroxyl groups excluding tert-OH is 1. The van der Waals surface area contributed by atoms with Gasteiger partial charge in [0, 0.05) is 6.42 Å². The van der Waals surface area contributed by atoms with Crippen molar-refractivity contribution in [2.75, 3.05) is 13.9 Å². The Morgan fingerprint density at radius 3 is 3.06 bits per heavy atom. The second kappa shape index (κ2) is 4.33. The van der Waals surface area contributed by atoms with Crippen molar-refractivity contribution in [3.8, 4) is 29.6 Å². The summed E-state index contributed by atoms with van der Waals surface area (Å²) in [5.41, 5.74) is 0.666. The normalized spacial score (nSPS) is 14.3. The highest BCUT2D eigenvalue weighted by molar-refractivity contribution is 5.55. The van der Waals surface area contributed by atoms with Gasteiger partial charge in [0.05, 0.1) is 13.2 Å². The summed E-state index contributed by atoms with van der Waals surface area (Å²) >= 11 is 0. The fraction of sp³-hybridized carbons (Fsp3) is 0.333. The van der Waals surface area contributed by atoms with Crippen molar-refractivity contribution < 1.29 is 19.3 Å². The third kappa shape index (κ3) is 1.77. The second-order valence-electron chi connectivity index (χ2n) is 3.38. The average molecular weight is 220 g/mol. The first-order valence-electron chi connectivity index (χ1n) is 4.85. The maximum absolute atomic E-state index is 9.78. The third-order valence-electron chi connectivity index (χ3n) is 2.38. The van der Waals surface area contributed by atoms with E-state index < -0.39 is 6.10 Å². The summed E-state index contributed by atoms with van der Waals surface area (Å²) in [6.07, 6.45) is 4.69. The van der Waals surface area contributed by atoms with Crippen LogP contribution in [-0.2, 0) is 0 Å². The molecule has 1 heterocycles. The number of hydrogen-bond donors (Lipinski definition) is 1. The van der Waals surface area contributed by atoms with Crippen LogP contribution in [0.15, 0.2) is 12.1 Å². The molecule has 0 radical (unpaired) electrons. The van der Waals surface area contributed by atoms with E-state index in [-0.39, 0.29) is 13.2 Å². The molecular formula is C12H12O4. The first-order chi connectivity index (χ1) is 7.76. The van der Waals surface area contributed by atoms with Gasteiger partial charge in [-0.3, -0.25) is 0 Å². The number of terminal acetylenes is 1. The van der Waals surface area contributed by atoms with Gasteiger partial charge >= 0.3 is 0 Å². The van der Waals surface area contributed by atoms with Crippen LogP contribution >= 0.6 is 0 Å². The highest BCUT2D eigenvalue weighted by atomic mass is 16.7. The first kappa shape index (κ1) is 10.7. The van der Waals surface area contributed by atoms with Crippen molar-refractivity contribution >= 4 is 0 Å². The zero-order valence-corrected chi connectivity index (χ0v) is 8.90. The average Bonchev–Trinajstić information content (AvgIpc) is 2.75. The van der Waals surface area contributed by atoms with E-state index in [2.05, 4.69) is 5.92 Å². The fourth-order valence-corrected chi connectivity index (χ4v) is 1.57. The van der Waals surface area contributed by atoms with E-state index in [1.807, 2.05) is 0 Å². The van der Waals surface area contributed by atoms with E-state index in [1.165, 1.54) is 7.11 Å². The largest absolute Gasteiger partial charge is 0.493 e. The van der Waals surface area contributed by atoms with Crippen LogP contribution in [0.1, 0.15) is 18.1 Å². The Balaban J connectivity index is 2.38. The first-order valence-corrected chi connectivity index (χ1v) is 4.85. The Morgan fingerprint density at radius 2 is 2.38 bits per heavy atom. The monoisotopic (exact) mass is 220 g/mol. The quantitative estimate of drug-likeness (QED) is 0.784. The molecule has 1 atom stereocenters. The van der Waals surface area contributed by atoms with Crippen LogP contribution in [0.2, 0.25) is 0 Å². The Kier molecular flexibility index (Phi) is 2.88. The van der Waals surface area contributed by atoms with Crippen LogP contribution in [0.4, 0.5) is 0 Å². The second-order valence-corrected chi connectivity index (χ2v) is 3.38. The summed E-state index contributed by atoms with van der Waals surface area (Å²) in [6.45, 7) is 0.167. The van der Waals surface area contributed by atoms with Crippen LogP contribution in [0.5, 0.6) is 17.2 Å². The summed E-state index contributed by atoms with van der Waals surface area (Å²) in [4.78, 5) is 0. The van der Waals surface area contributed by atoms with Crippen LogP contribution in [0, 0.1) is 12.3 Å². The number of rotatable bonds is 3. The molecule has 84 valence electrons. The third-order valence-corrected chi connectivity index (χ3v) is 2.38. The van der Waals surface area contributed by atoms with Gasteiger partial charge in [0.25, 0.3) is 0 Å². The summed E-state index contributed by atoms with van der Waals surface area (Å²) in [7, 11) is 1.54. The zero-order chi connectivity index (χ0) is 11.5. The summed E-state index contributed by atoms with van der Waals surface area (Å²) < 4.78 is 15.6. The number of methoxy groups -OCH3 is 1. The molecule has 0 bridgehead atoms.